The Hall–Kier alpha value is -0.970. The van der Waals surface area contributed by atoms with Crippen LogP contribution >= 0.6 is 15.9 Å². The van der Waals surface area contributed by atoms with Gasteiger partial charge in [0.2, 0.25) is 0 Å². The van der Waals surface area contributed by atoms with Crippen LogP contribution in [0.15, 0.2) is 10.5 Å². The Bertz CT molecular complexity index is 352. The van der Waals surface area contributed by atoms with Crippen molar-refractivity contribution in [3.8, 4) is 5.75 Å². The molecule has 0 aromatic heterocycles. The van der Waals surface area contributed by atoms with Crippen LogP contribution in [0.3, 0.4) is 0 Å². The minimum absolute atomic E-state index is 0.111. The number of hydrogen-bond donors (Lipinski definition) is 0. The van der Waals surface area contributed by atoms with Gasteiger partial charge in [-0.15, -0.1) is 0 Å². The van der Waals surface area contributed by atoms with Crippen LogP contribution in [0.4, 0.5) is 8.78 Å². The van der Waals surface area contributed by atoms with E-state index in [1.54, 1.807) is 0 Å². The second-order valence-corrected chi connectivity index (χ2v) is 3.07. The van der Waals surface area contributed by atoms with Crippen LogP contribution in [0.2, 0.25) is 0 Å². The first-order valence-corrected chi connectivity index (χ1v) is 4.07. The third-order valence-electron chi connectivity index (χ3n) is 1.49. The van der Waals surface area contributed by atoms with Crippen LogP contribution < -0.4 is 4.74 Å². The molecule has 0 spiro atoms. The number of hydrogen-bond acceptors (Lipinski definition) is 2. The molecule has 1 aromatic carbocycles. The number of benzene rings is 1. The molecule has 0 fully saturated rings. The average molecular weight is 251 g/mol. The maximum atomic E-state index is 13.2. The highest BCUT2D eigenvalue weighted by atomic mass is 79.9. The topological polar surface area (TPSA) is 26.3 Å². The summed E-state index contributed by atoms with van der Waals surface area (Å²) >= 11 is 2.90. The van der Waals surface area contributed by atoms with Gasteiger partial charge in [0.1, 0.15) is 5.82 Å². The van der Waals surface area contributed by atoms with E-state index in [4.69, 9.17) is 0 Å². The minimum atomic E-state index is -0.996. The maximum Gasteiger partial charge on any atom is 0.179 e. The molecule has 0 saturated heterocycles. The van der Waals surface area contributed by atoms with Crippen molar-refractivity contribution >= 4 is 22.2 Å². The number of halogens is 3. The molecule has 1 rings (SSSR count). The van der Waals surface area contributed by atoms with Crippen LogP contribution in [0.5, 0.6) is 5.75 Å². The van der Waals surface area contributed by atoms with Gasteiger partial charge in [-0.1, -0.05) is 0 Å². The van der Waals surface area contributed by atoms with Gasteiger partial charge in [0.25, 0.3) is 0 Å². The van der Waals surface area contributed by atoms with E-state index in [-0.39, 0.29) is 16.5 Å². The summed E-state index contributed by atoms with van der Waals surface area (Å²) in [7, 11) is 1.23. The lowest BCUT2D eigenvalue weighted by Crippen LogP contribution is -1.98. The molecule has 13 heavy (non-hydrogen) atoms. The van der Waals surface area contributed by atoms with Crippen LogP contribution in [0.1, 0.15) is 10.4 Å². The Kier molecular flexibility index (Phi) is 2.98. The largest absolute Gasteiger partial charge is 0.492 e. The van der Waals surface area contributed by atoms with Gasteiger partial charge in [0.15, 0.2) is 17.9 Å². The van der Waals surface area contributed by atoms with Crippen molar-refractivity contribution < 1.29 is 18.3 Å². The van der Waals surface area contributed by atoms with Gasteiger partial charge < -0.3 is 4.74 Å². The van der Waals surface area contributed by atoms with Crippen molar-refractivity contribution in [2.24, 2.45) is 0 Å². The standard InChI is InChI=1S/C8H5BrF2O2/c1-13-8-5(9)2-6(10)4(3-12)7(8)11/h2-3H,1H3. The second-order valence-electron chi connectivity index (χ2n) is 2.22. The van der Waals surface area contributed by atoms with Gasteiger partial charge >= 0.3 is 0 Å². The van der Waals surface area contributed by atoms with E-state index in [1.807, 2.05) is 0 Å². The molecule has 0 unspecified atom stereocenters. The molecule has 0 atom stereocenters. The Morgan fingerprint density at radius 1 is 1.54 bits per heavy atom. The quantitative estimate of drug-likeness (QED) is 0.755. The van der Waals surface area contributed by atoms with Crippen molar-refractivity contribution in [1.82, 2.24) is 0 Å². The molecule has 0 aliphatic carbocycles. The Morgan fingerprint density at radius 3 is 2.62 bits per heavy atom. The maximum absolute atomic E-state index is 13.2. The van der Waals surface area contributed by atoms with Gasteiger partial charge in [-0.05, 0) is 22.0 Å². The van der Waals surface area contributed by atoms with E-state index in [2.05, 4.69) is 20.7 Å². The van der Waals surface area contributed by atoms with E-state index in [9.17, 15) is 13.6 Å². The van der Waals surface area contributed by atoms with E-state index < -0.39 is 17.2 Å². The van der Waals surface area contributed by atoms with Crippen molar-refractivity contribution in [3.63, 3.8) is 0 Å². The van der Waals surface area contributed by atoms with E-state index >= 15 is 0 Å². The van der Waals surface area contributed by atoms with Gasteiger partial charge in [0, 0.05) is 0 Å². The summed E-state index contributed by atoms with van der Waals surface area (Å²) in [6.07, 6.45) is 0.111. The molecule has 0 amide bonds. The lowest BCUT2D eigenvalue weighted by atomic mass is 10.2. The minimum Gasteiger partial charge on any atom is -0.492 e. The molecule has 0 aliphatic heterocycles. The second kappa shape index (κ2) is 3.83. The molecular weight excluding hydrogens is 246 g/mol. The molecule has 0 saturated carbocycles. The monoisotopic (exact) mass is 250 g/mol. The fourth-order valence-corrected chi connectivity index (χ4v) is 1.42. The molecule has 70 valence electrons. The summed E-state index contributed by atoms with van der Waals surface area (Å²) in [5.41, 5.74) is -0.625. The molecule has 1 aromatic rings. The molecule has 0 bridgehead atoms. The summed E-state index contributed by atoms with van der Waals surface area (Å²) in [5, 5.41) is 0. The fourth-order valence-electron chi connectivity index (χ4n) is 0.882. The first-order valence-electron chi connectivity index (χ1n) is 3.28. The molecule has 0 N–H and O–H groups in total. The van der Waals surface area contributed by atoms with Crippen LogP contribution in [-0.2, 0) is 0 Å². The zero-order valence-electron chi connectivity index (χ0n) is 6.61. The lowest BCUT2D eigenvalue weighted by molar-refractivity contribution is 0.111. The van der Waals surface area contributed by atoms with Crippen molar-refractivity contribution in [3.05, 3.63) is 27.7 Å². The highest BCUT2D eigenvalue weighted by molar-refractivity contribution is 9.10. The lowest BCUT2D eigenvalue weighted by Gasteiger charge is -2.06. The van der Waals surface area contributed by atoms with E-state index in [0.717, 1.165) is 6.07 Å². The smallest absolute Gasteiger partial charge is 0.179 e. The molecule has 0 heterocycles. The average Bonchev–Trinajstić information content (AvgIpc) is 2.04. The number of aldehydes is 1. The Labute approximate surface area is 81.6 Å². The van der Waals surface area contributed by atoms with Crippen molar-refractivity contribution in [1.29, 1.82) is 0 Å². The third kappa shape index (κ3) is 1.70. The van der Waals surface area contributed by atoms with Crippen molar-refractivity contribution in [2.45, 2.75) is 0 Å². The molecular formula is C8H5BrF2O2. The van der Waals surface area contributed by atoms with Gasteiger partial charge in [-0.25, -0.2) is 8.78 Å². The predicted molar refractivity (Wildman–Crippen MR) is 46.0 cm³/mol. The van der Waals surface area contributed by atoms with Crippen LogP contribution in [0.25, 0.3) is 0 Å². The normalized spacial score (nSPS) is 9.85. The number of methoxy groups -OCH3 is 1. The zero-order valence-corrected chi connectivity index (χ0v) is 8.19. The van der Waals surface area contributed by atoms with E-state index in [0.29, 0.717) is 0 Å². The Balaban J connectivity index is 3.47. The highest BCUT2D eigenvalue weighted by Crippen LogP contribution is 2.31. The SMILES string of the molecule is COc1c(Br)cc(F)c(C=O)c1F. The number of rotatable bonds is 2. The van der Waals surface area contributed by atoms with Crippen molar-refractivity contribution in [2.75, 3.05) is 7.11 Å². The Morgan fingerprint density at radius 2 is 2.15 bits per heavy atom. The molecule has 5 heteroatoms. The first-order chi connectivity index (χ1) is 6.11. The molecule has 0 aliphatic rings. The van der Waals surface area contributed by atoms with Crippen LogP contribution in [0, 0.1) is 11.6 Å². The number of carbonyl (C=O) groups excluding carboxylic acids is 1. The van der Waals surface area contributed by atoms with Gasteiger partial charge in [-0.2, -0.15) is 0 Å². The zero-order chi connectivity index (χ0) is 10.0. The number of carbonyl (C=O) groups is 1. The van der Waals surface area contributed by atoms with Gasteiger partial charge in [-0.3, -0.25) is 4.79 Å². The fraction of sp³-hybridized carbons (Fsp3) is 0.125. The summed E-state index contributed by atoms with van der Waals surface area (Å²) in [6.45, 7) is 0. The summed E-state index contributed by atoms with van der Waals surface area (Å²) in [6, 6.07) is 0.978. The van der Waals surface area contributed by atoms with Crippen LogP contribution in [-0.4, -0.2) is 13.4 Å². The van der Waals surface area contributed by atoms with E-state index in [1.165, 1.54) is 7.11 Å². The third-order valence-corrected chi connectivity index (χ3v) is 2.07. The number of ether oxygens (including phenoxy) is 1. The molecule has 0 radical (unpaired) electrons. The summed E-state index contributed by atoms with van der Waals surface area (Å²) in [5.74, 6) is -2.09. The highest BCUT2D eigenvalue weighted by Gasteiger charge is 2.17. The molecule has 2 nitrogen and oxygen atoms in total. The first kappa shape index (κ1) is 10.1. The summed E-state index contributed by atoms with van der Waals surface area (Å²) < 4.78 is 30.8. The summed E-state index contributed by atoms with van der Waals surface area (Å²) in [4.78, 5) is 10.3. The van der Waals surface area contributed by atoms with Gasteiger partial charge in [0.05, 0.1) is 17.1 Å². The predicted octanol–water partition coefficient (Wildman–Crippen LogP) is 2.55.